The number of hydrogen-bond acceptors (Lipinski definition) is 4. The maximum atomic E-state index is 12.3. The second-order valence-electron chi connectivity index (χ2n) is 5.85. The minimum absolute atomic E-state index is 0.193. The van der Waals surface area contributed by atoms with E-state index in [0.29, 0.717) is 23.2 Å². The maximum Gasteiger partial charge on any atom is 0.328 e. The van der Waals surface area contributed by atoms with Gasteiger partial charge in [0.25, 0.3) is 5.91 Å². The Kier molecular flexibility index (Phi) is 4.22. The van der Waals surface area contributed by atoms with Gasteiger partial charge in [-0.25, -0.2) is 4.79 Å². The van der Waals surface area contributed by atoms with Crippen LogP contribution in [0.5, 0.6) is 0 Å². The number of anilines is 1. The summed E-state index contributed by atoms with van der Waals surface area (Å²) in [7, 11) is 0. The number of imide groups is 2. The Morgan fingerprint density at radius 1 is 1.12 bits per heavy atom. The van der Waals surface area contributed by atoms with Crippen LogP contribution in [-0.2, 0) is 19.8 Å². The summed E-state index contributed by atoms with van der Waals surface area (Å²) in [6.45, 7) is 1.70. The van der Waals surface area contributed by atoms with E-state index < -0.39 is 23.3 Å². The van der Waals surface area contributed by atoms with Gasteiger partial charge in [0.2, 0.25) is 11.8 Å². The highest BCUT2D eigenvalue weighted by Gasteiger charge is 2.50. The fraction of sp³-hybridized carbons (Fsp3) is 0.222. The molecule has 7 nitrogen and oxygen atoms in total. The van der Waals surface area contributed by atoms with Crippen LogP contribution in [0.2, 0.25) is 0 Å². The minimum Gasteiger partial charge on any atom is -0.322 e. The van der Waals surface area contributed by atoms with E-state index in [-0.39, 0.29) is 12.3 Å². The van der Waals surface area contributed by atoms with Crippen LogP contribution in [0, 0.1) is 0 Å². The van der Waals surface area contributed by atoms with Crippen molar-refractivity contribution in [3.05, 3.63) is 53.6 Å². The number of carbonyl (C=O) groups is 4. The standard InChI is InChI=1S/C18H17N3O4/c1-2-18(15(23)20-17(25)21-16(18)24)12-7-9-13(10-8-12)19-14(22)11-5-3-4-6-11/h3-5,7-10H,2,6H2,1H3,(H,19,22)(H2,20,21,23,24,25). The third-order valence-electron chi connectivity index (χ3n) is 4.46. The van der Waals surface area contributed by atoms with Crippen molar-refractivity contribution in [2.75, 3.05) is 5.32 Å². The summed E-state index contributed by atoms with van der Waals surface area (Å²) in [6, 6.07) is 5.65. The predicted molar refractivity (Wildman–Crippen MR) is 90.6 cm³/mol. The first-order valence-corrected chi connectivity index (χ1v) is 7.92. The highest BCUT2D eigenvalue weighted by Crippen LogP contribution is 2.31. The Hall–Kier alpha value is -3.22. The zero-order chi connectivity index (χ0) is 18.0. The van der Waals surface area contributed by atoms with Gasteiger partial charge < -0.3 is 5.32 Å². The lowest BCUT2D eigenvalue weighted by Gasteiger charge is -2.33. The number of amides is 5. The third-order valence-corrected chi connectivity index (χ3v) is 4.46. The highest BCUT2D eigenvalue weighted by atomic mass is 16.2. The Balaban J connectivity index is 1.83. The number of hydrogen-bond donors (Lipinski definition) is 3. The lowest BCUT2D eigenvalue weighted by molar-refractivity contribution is -0.138. The van der Waals surface area contributed by atoms with Gasteiger partial charge in [0.05, 0.1) is 0 Å². The van der Waals surface area contributed by atoms with Gasteiger partial charge >= 0.3 is 6.03 Å². The smallest absolute Gasteiger partial charge is 0.322 e. The van der Waals surface area contributed by atoms with Crippen LogP contribution in [0.15, 0.2) is 48.1 Å². The second-order valence-corrected chi connectivity index (χ2v) is 5.85. The number of barbiturate groups is 1. The van der Waals surface area contributed by atoms with Crippen molar-refractivity contribution in [2.45, 2.75) is 25.2 Å². The molecule has 5 amide bonds. The summed E-state index contributed by atoms with van der Waals surface area (Å²) < 4.78 is 0. The molecule has 1 aliphatic carbocycles. The van der Waals surface area contributed by atoms with Gasteiger partial charge in [-0.3, -0.25) is 25.0 Å². The minimum atomic E-state index is -1.46. The first-order chi connectivity index (χ1) is 12.0. The fourth-order valence-electron chi connectivity index (χ4n) is 3.01. The van der Waals surface area contributed by atoms with Crippen LogP contribution < -0.4 is 16.0 Å². The van der Waals surface area contributed by atoms with Crippen LogP contribution in [0.3, 0.4) is 0 Å². The van der Waals surface area contributed by atoms with Crippen molar-refractivity contribution in [1.82, 2.24) is 10.6 Å². The molecular formula is C18H17N3O4. The topological polar surface area (TPSA) is 104 Å². The molecule has 0 spiro atoms. The average Bonchev–Trinajstić information content (AvgIpc) is 3.11. The van der Waals surface area contributed by atoms with Gasteiger partial charge in [-0.2, -0.15) is 0 Å². The number of allylic oxidation sites excluding steroid dienone is 3. The molecule has 0 aromatic heterocycles. The van der Waals surface area contributed by atoms with E-state index in [1.54, 1.807) is 37.3 Å². The number of carbonyl (C=O) groups excluding carboxylic acids is 4. The molecule has 25 heavy (non-hydrogen) atoms. The molecule has 0 unspecified atom stereocenters. The first-order valence-electron chi connectivity index (χ1n) is 7.92. The molecule has 1 aliphatic heterocycles. The second kappa shape index (κ2) is 6.35. The van der Waals surface area contributed by atoms with Gasteiger partial charge in [-0.05, 0) is 30.5 Å². The monoisotopic (exact) mass is 339 g/mol. The normalized spacial score (nSPS) is 18.4. The molecule has 0 saturated carbocycles. The average molecular weight is 339 g/mol. The number of urea groups is 1. The Bertz CT molecular complexity index is 801. The van der Waals surface area contributed by atoms with Crippen molar-refractivity contribution >= 4 is 29.4 Å². The Morgan fingerprint density at radius 2 is 1.76 bits per heavy atom. The molecule has 1 heterocycles. The number of benzene rings is 1. The van der Waals surface area contributed by atoms with Crippen LogP contribution in [0.4, 0.5) is 10.5 Å². The Labute approximate surface area is 144 Å². The summed E-state index contributed by atoms with van der Waals surface area (Å²) >= 11 is 0. The largest absolute Gasteiger partial charge is 0.328 e. The summed E-state index contributed by atoms with van der Waals surface area (Å²) in [5, 5.41) is 7.05. The van der Waals surface area contributed by atoms with Gasteiger partial charge in [-0.15, -0.1) is 0 Å². The van der Waals surface area contributed by atoms with E-state index in [1.807, 2.05) is 12.2 Å². The summed E-state index contributed by atoms with van der Waals surface area (Å²) in [6.07, 6.45) is 6.26. The highest BCUT2D eigenvalue weighted by molar-refractivity contribution is 6.22. The van der Waals surface area contributed by atoms with Crippen molar-refractivity contribution < 1.29 is 19.2 Å². The van der Waals surface area contributed by atoms with E-state index >= 15 is 0 Å². The van der Waals surface area contributed by atoms with Crippen LogP contribution >= 0.6 is 0 Å². The predicted octanol–water partition coefficient (Wildman–Crippen LogP) is 1.53. The van der Waals surface area contributed by atoms with Crippen LogP contribution in [0.25, 0.3) is 0 Å². The SMILES string of the molecule is CCC1(c2ccc(NC(=O)C3=CC=CC3)cc2)C(=O)NC(=O)NC1=O. The van der Waals surface area contributed by atoms with Gasteiger partial charge in [0, 0.05) is 11.3 Å². The molecule has 1 fully saturated rings. The van der Waals surface area contributed by atoms with E-state index in [4.69, 9.17) is 0 Å². The lowest BCUT2D eigenvalue weighted by atomic mass is 9.75. The van der Waals surface area contributed by atoms with Gasteiger partial charge in [0.15, 0.2) is 5.41 Å². The summed E-state index contributed by atoms with van der Waals surface area (Å²) in [5.74, 6) is -1.49. The third kappa shape index (κ3) is 2.84. The molecule has 3 N–H and O–H groups in total. The quantitative estimate of drug-likeness (QED) is 0.724. The van der Waals surface area contributed by atoms with E-state index in [1.165, 1.54) is 0 Å². The summed E-state index contributed by atoms with van der Waals surface area (Å²) in [5.41, 5.74) is 0.213. The molecule has 0 atom stereocenters. The van der Waals surface area contributed by atoms with E-state index in [2.05, 4.69) is 16.0 Å². The van der Waals surface area contributed by atoms with E-state index in [9.17, 15) is 19.2 Å². The number of rotatable bonds is 4. The molecule has 3 rings (SSSR count). The molecule has 0 radical (unpaired) electrons. The summed E-state index contributed by atoms with van der Waals surface area (Å²) in [4.78, 5) is 48.0. The van der Waals surface area contributed by atoms with Crippen molar-refractivity contribution in [1.29, 1.82) is 0 Å². The zero-order valence-corrected chi connectivity index (χ0v) is 13.6. The Morgan fingerprint density at radius 3 is 2.28 bits per heavy atom. The molecule has 0 bridgehead atoms. The zero-order valence-electron chi connectivity index (χ0n) is 13.6. The maximum absolute atomic E-state index is 12.3. The molecular weight excluding hydrogens is 322 g/mol. The number of nitrogens with one attached hydrogen (secondary N) is 3. The van der Waals surface area contributed by atoms with Crippen LogP contribution in [-0.4, -0.2) is 23.8 Å². The molecule has 7 heteroatoms. The van der Waals surface area contributed by atoms with Crippen molar-refractivity contribution in [2.24, 2.45) is 0 Å². The van der Waals surface area contributed by atoms with Crippen molar-refractivity contribution in [3.63, 3.8) is 0 Å². The first kappa shape index (κ1) is 16.6. The molecule has 2 aliphatic rings. The molecule has 1 saturated heterocycles. The lowest BCUT2D eigenvalue weighted by Crippen LogP contribution is -2.64. The molecule has 1 aromatic carbocycles. The van der Waals surface area contributed by atoms with Gasteiger partial charge in [-0.1, -0.05) is 37.3 Å². The molecule has 128 valence electrons. The van der Waals surface area contributed by atoms with E-state index in [0.717, 1.165) is 0 Å². The van der Waals surface area contributed by atoms with Gasteiger partial charge in [0.1, 0.15) is 0 Å². The van der Waals surface area contributed by atoms with Crippen LogP contribution in [0.1, 0.15) is 25.3 Å². The molecule has 1 aromatic rings. The van der Waals surface area contributed by atoms with Crippen molar-refractivity contribution in [3.8, 4) is 0 Å². The fourth-order valence-corrected chi connectivity index (χ4v) is 3.01.